The zero-order chi connectivity index (χ0) is 23.6. The topological polar surface area (TPSA) is 55.8 Å². The predicted molar refractivity (Wildman–Crippen MR) is 126 cm³/mol. The first-order valence-corrected chi connectivity index (χ1v) is 11.2. The fourth-order valence-electron chi connectivity index (χ4n) is 5.09. The number of aryl methyl sites for hydroxylation is 2. The summed E-state index contributed by atoms with van der Waals surface area (Å²) in [6, 6.07) is 16.4. The van der Waals surface area contributed by atoms with Crippen LogP contribution < -0.4 is 9.47 Å². The minimum absolute atomic E-state index is 0.133. The van der Waals surface area contributed by atoms with E-state index in [1.165, 1.54) is 0 Å². The van der Waals surface area contributed by atoms with Gasteiger partial charge in [-0.1, -0.05) is 25.1 Å². The van der Waals surface area contributed by atoms with E-state index in [4.69, 9.17) is 14.6 Å². The van der Waals surface area contributed by atoms with Gasteiger partial charge in [0.25, 0.3) is 0 Å². The molecule has 0 aliphatic heterocycles. The number of carboxylic acids is 1. The van der Waals surface area contributed by atoms with Crippen molar-refractivity contribution in [3.63, 3.8) is 0 Å². The maximum absolute atomic E-state index is 14.8. The molecule has 0 saturated heterocycles. The van der Waals surface area contributed by atoms with E-state index in [0.29, 0.717) is 0 Å². The molecule has 0 spiro atoms. The van der Waals surface area contributed by atoms with Crippen LogP contribution >= 0.6 is 0 Å². The van der Waals surface area contributed by atoms with Crippen LogP contribution in [0, 0.1) is 5.82 Å². The summed E-state index contributed by atoms with van der Waals surface area (Å²) in [6.07, 6.45) is 3.90. The molecule has 1 aliphatic carbocycles. The fraction of sp³-hybridized carbons (Fsp3) is 0.321. The molecule has 0 unspecified atom stereocenters. The first-order valence-electron chi connectivity index (χ1n) is 11.2. The summed E-state index contributed by atoms with van der Waals surface area (Å²) in [6.45, 7) is 2.22. The summed E-state index contributed by atoms with van der Waals surface area (Å²) in [5.74, 6) is 0.431. The van der Waals surface area contributed by atoms with Gasteiger partial charge in [0, 0.05) is 6.07 Å². The molecule has 1 atom stereocenters. The fourth-order valence-corrected chi connectivity index (χ4v) is 5.09. The van der Waals surface area contributed by atoms with Crippen molar-refractivity contribution in [1.29, 1.82) is 0 Å². The van der Waals surface area contributed by atoms with E-state index < -0.39 is 5.97 Å². The second kappa shape index (κ2) is 9.26. The van der Waals surface area contributed by atoms with Crippen molar-refractivity contribution >= 4 is 5.97 Å². The lowest BCUT2D eigenvalue weighted by molar-refractivity contribution is 0.0697. The molecule has 33 heavy (non-hydrogen) atoms. The predicted octanol–water partition coefficient (Wildman–Crippen LogP) is 5.77. The molecule has 0 fully saturated rings. The van der Waals surface area contributed by atoms with E-state index in [9.17, 15) is 9.18 Å². The average Bonchev–Trinajstić information content (AvgIpc) is 3.16. The molecular weight excluding hydrogens is 419 g/mol. The van der Waals surface area contributed by atoms with Crippen LogP contribution in [0.25, 0.3) is 0 Å². The van der Waals surface area contributed by atoms with Crippen LogP contribution in [-0.2, 0) is 31.1 Å². The number of fused-ring (bicyclic) bond motifs is 1. The van der Waals surface area contributed by atoms with Crippen LogP contribution in [0.4, 0.5) is 4.39 Å². The SMILES string of the molecule is COc1cc(C[C@@]2(C)CCc3c(F)ccc(CCc4ccc(C(=O)O)cc4)c32)cc(OC)c1. The second-order valence-corrected chi connectivity index (χ2v) is 9.02. The van der Waals surface area contributed by atoms with E-state index in [1.54, 1.807) is 32.4 Å². The number of methoxy groups -OCH3 is 2. The van der Waals surface area contributed by atoms with Crippen molar-refractivity contribution in [2.75, 3.05) is 14.2 Å². The van der Waals surface area contributed by atoms with E-state index >= 15 is 0 Å². The zero-order valence-electron chi connectivity index (χ0n) is 19.3. The lowest BCUT2D eigenvalue weighted by Gasteiger charge is -2.29. The van der Waals surface area contributed by atoms with Crippen LogP contribution in [0.5, 0.6) is 11.5 Å². The summed E-state index contributed by atoms with van der Waals surface area (Å²) >= 11 is 0. The smallest absolute Gasteiger partial charge is 0.335 e. The normalized spacial score (nSPS) is 17.0. The van der Waals surface area contributed by atoms with Gasteiger partial charge in [-0.15, -0.1) is 0 Å². The Kier molecular flexibility index (Phi) is 6.41. The van der Waals surface area contributed by atoms with Gasteiger partial charge in [0.15, 0.2) is 0 Å². The standard InChI is InChI=1S/C28H29FO4/c1-28(17-19-14-22(32-2)16-23(15-19)33-3)13-12-24-25(29)11-10-20(26(24)28)7-4-18-5-8-21(9-6-18)27(30)31/h5-6,8-11,14-16H,4,7,12-13,17H2,1-3H3,(H,30,31)/t28-/m1/s1. The Hall–Kier alpha value is -3.34. The largest absolute Gasteiger partial charge is 0.497 e. The Morgan fingerprint density at radius 2 is 1.64 bits per heavy atom. The van der Waals surface area contributed by atoms with Gasteiger partial charge in [-0.3, -0.25) is 0 Å². The number of ether oxygens (including phenoxy) is 2. The molecule has 0 radical (unpaired) electrons. The average molecular weight is 449 g/mol. The highest BCUT2D eigenvalue weighted by atomic mass is 19.1. The second-order valence-electron chi connectivity index (χ2n) is 9.02. The molecule has 0 bridgehead atoms. The monoisotopic (exact) mass is 448 g/mol. The van der Waals surface area contributed by atoms with Crippen molar-refractivity contribution in [1.82, 2.24) is 0 Å². The lowest BCUT2D eigenvalue weighted by Crippen LogP contribution is -2.23. The van der Waals surface area contributed by atoms with Crippen LogP contribution in [0.3, 0.4) is 0 Å². The third-order valence-corrected chi connectivity index (χ3v) is 6.76. The molecule has 1 aliphatic rings. The van der Waals surface area contributed by atoms with Gasteiger partial charge in [0.1, 0.15) is 17.3 Å². The molecule has 3 aromatic carbocycles. The number of rotatable bonds is 8. The number of carbonyl (C=O) groups is 1. The van der Waals surface area contributed by atoms with Gasteiger partial charge in [0.05, 0.1) is 19.8 Å². The van der Waals surface area contributed by atoms with E-state index in [1.807, 2.05) is 36.4 Å². The highest BCUT2D eigenvalue weighted by Gasteiger charge is 2.38. The first-order chi connectivity index (χ1) is 15.8. The molecule has 4 rings (SSSR count). The van der Waals surface area contributed by atoms with Crippen LogP contribution in [0.1, 0.15) is 51.5 Å². The van der Waals surface area contributed by atoms with E-state index in [-0.39, 0.29) is 16.8 Å². The number of hydrogen-bond donors (Lipinski definition) is 1. The molecule has 5 heteroatoms. The van der Waals surface area contributed by atoms with Crippen molar-refractivity contribution in [2.45, 2.75) is 44.4 Å². The summed E-state index contributed by atoms with van der Waals surface area (Å²) in [7, 11) is 3.28. The Balaban J connectivity index is 1.63. The van der Waals surface area contributed by atoms with E-state index in [2.05, 4.69) is 6.92 Å². The molecule has 0 aromatic heterocycles. The highest BCUT2D eigenvalue weighted by Crippen LogP contribution is 2.45. The number of hydrogen-bond acceptors (Lipinski definition) is 3. The summed E-state index contributed by atoms with van der Waals surface area (Å²) in [4.78, 5) is 11.1. The van der Waals surface area contributed by atoms with Crippen molar-refractivity contribution in [3.05, 3.63) is 93.8 Å². The number of benzene rings is 3. The van der Waals surface area contributed by atoms with Crippen LogP contribution in [0.15, 0.2) is 54.6 Å². The Bertz CT molecular complexity index is 1150. The molecule has 4 nitrogen and oxygen atoms in total. The van der Waals surface area contributed by atoms with Gasteiger partial charge in [-0.2, -0.15) is 0 Å². The first kappa shape index (κ1) is 22.8. The molecule has 0 amide bonds. The van der Waals surface area contributed by atoms with Crippen molar-refractivity contribution < 1.29 is 23.8 Å². The van der Waals surface area contributed by atoms with Gasteiger partial charge >= 0.3 is 5.97 Å². The number of aromatic carboxylic acids is 1. The number of carboxylic acid groups (broad SMARTS) is 1. The van der Waals surface area contributed by atoms with Gasteiger partial charge in [-0.05, 0) is 95.7 Å². The molecular formula is C28H29FO4. The minimum Gasteiger partial charge on any atom is -0.497 e. The molecule has 172 valence electrons. The summed E-state index contributed by atoms with van der Waals surface area (Å²) in [5, 5.41) is 9.11. The molecule has 3 aromatic rings. The highest BCUT2D eigenvalue weighted by molar-refractivity contribution is 5.87. The maximum Gasteiger partial charge on any atom is 0.335 e. The Labute approximate surface area is 194 Å². The molecule has 0 saturated carbocycles. The number of halogens is 1. The third kappa shape index (κ3) is 4.72. The minimum atomic E-state index is -0.928. The van der Waals surface area contributed by atoms with E-state index in [0.717, 1.165) is 71.4 Å². The van der Waals surface area contributed by atoms with Crippen LogP contribution in [-0.4, -0.2) is 25.3 Å². The molecule has 0 heterocycles. The summed E-state index contributed by atoms with van der Waals surface area (Å²) in [5.41, 5.74) is 5.34. The summed E-state index contributed by atoms with van der Waals surface area (Å²) < 4.78 is 25.7. The van der Waals surface area contributed by atoms with Crippen molar-refractivity contribution in [3.8, 4) is 11.5 Å². The van der Waals surface area contributed by atoms with Gasteiger partial charge in [0.2, 0.25) is 0 Å². The lowest BCUT2D eigenvalue weighted by atomic mass is 9.76. The Morgan fingerprint density at radius 1 is 0.970 bits per heavy atom. The Morgan fingerprint density at radius 3 is 2.24 bits per heavy atom. The van der Waals surface area contributed by atoms with Gasteiger partial charge < -0.3 is 14.6 Å². The van der Waals surface area contributed by atoms with Gasteiger partial charge in [-0.25, -0.2) is 9.18 Å². The maximum atomic E-state index is 14.8. The molecule has 1 N–H and O–H groups in total. The van der Waals surface area contributed by atoms with Crippen molar-refractivity contribution in [2.24, 2.45) is 0 Å². The van der Waals surface area contributed by atoms with Crippen LogP contribution in [0.2, 0.25) is 0 Å². The zero-order valence-corrected chi connectivity index (χ0v) is 19.3. The third-order valence-electron chi connectivity index (χ3n) is 6.76. The quantitative estimate of drug-likeness (QED) is 0.475.